The number of methoxy groups -OCH3 is 1. The average Bonchev–Trinajstić information content (AvgIpc) is 2.43. The summed E-state index contributed by atoms with van der Waals surface area (Å²) in [6, 6.07) is 4.33. The van der Waals surface area contributed by atoms with Crippen molar-refractivity contribution in [3.05, 3.63) is 41.6 Å². The molecule has 104 valence electrons. The molecule has 0 fully saturated rings. The van der Waals surface area contributed by atoms with Crippen LogP contribution in [0, 0.1) is 12.7 Å². The molecule has 0 aliphatic heterocycles. The molecule has 0 bridgehead atoms. The summed E-state index contributed by atoms with van der Waals surface area (Å²) >= 11 is 0. The van der Waals surface area contributed by atoms with Crippen LogP contribution in [0.15, 0.2) is 24.5 Å². The first-order chi connectivity index (χ1) is 9.52. The third-order valence-electron chi connectivity index (χ3n) is 2.66. The van der Waals surface area contributed by atoms with Gasteiger partial charge in [0.05, 0.1) is 12.8 Å². The molecule has 0 radical (unpaired) electrons. The van der Waals surface area contributed by atoms with Crippen LogP contribution in [0.1, 0.15) is 16.1 Å². The second-order valence-electron chi connectivity index (χ2n) is 3.97. The molecule has 1 aromatic heterocycles. The van der Waals surface area contributed by atoms with E-state index in [9.17, 15) is 9.18 Å². The highest BCUT2D eigenvalue weighted by Gasteiger charge is 2.13. The standard InChI is InChI=1S/C13H12FN3O3/c1-7-11(14)12(16-6-15-7)17-8-3-4-9(13(18)19)10(5-8)20-2/h3-6H,1-2H3,(H,18,19)(H,15,16,17). The van der Waals surface area contributed by atoms with Crippen molar-refractivity contribution in [3.63, 3.8) is 0 Å². The molecular weight excluding hydrogens is 265 g/mol. The van der Waals surface area contributed by atoms with E-state index in [1.807, 2.05) is 0 Å². The van der Waals surface area contributed by atoms with Crippen LogP contribution in [0.25, 0.3) is 0 Å². The second kappa shape index (κ2) is 5.52. The van der Waals surface area contributed by atoms with E-state index in [-0.39, 0.29) is 22.8 Å². The van der Waals surface area contributed by atoms with Crippen LogP contribution in [0.4, 0.5) is 15.9 Å². The van der Waals surface area contributed by atoms with Crippen molar-refractivity contribution >= 4 is 17.5 Å². The van der Waals surface area contributed by atoms with Gasteiger partial charge in [-0.05, 0) is 19.1 Å². The number of carbonyl (C=O) groups is 1. The molecule has 0 unspecified atom stereocenters. The van der Waals surface area contributed by atoms with Gasteiger partial charge in [0, 0.05) is 11.8 Å². The summed E-state index contributed by atoms with van der Waals surface area (Å²) < 4.78 is 18.8. The lowest BCUT2D eigenvalue weighted by atomic mass is 10.2. The van der Waals surface area contributed by atoms with Crippen LogP contribution >= 0.6 is 0 Å². The van der Waals surface area contributed by atoms with Crippen molar-refractivity contribution in [1.29, 1.82) is 0 Å². The largest absolute Gasteiger partial charge is 0.496 e. The van der Waals surface area contributed by atoms with E-state index in [4.69, 9.17) is 9.84 Å². The number of anilines is 2. The maximum absolute atomic E-state index is 13.8. The van der Waals surface area contributed by atoms with E-state index < -0.39 is 11.8 Å². The number of nitrogens with zero attached hydrogens (tertiary/aromatic N) is 2. The van der Waals surface area contributed by atoms with E-state index >= 15 is 0 Å². The van der Waals surface area contributed by atoms with Crippen LogP contribution in [0.2, 0.25) is 0 Å². The zero-order chi connectivity index (χ0) is 14.7. The normalized spacial score (nSPS) is 10.2. The van der Waals surface area contributed by atoms with Gasteiger partial charge in [-0.3, -0.25) is 0 Å². The molecule has 1 heterocycles. The summed E-state index contributed by atoms with van der Waals surface area (Å²) in [7, 11) is 1.36. The number of carboxylic acid groups (broad SMARTS) is 1. The molecule has 0 atom stereocenters. The quantitative estimate of drug-likeness (QED) is 0.892. The van der Waals surface area contributed by atoms with E-state index in [0.29, 0.717) is 5.69 Å². The van der Waals surface area contributed by atoms with Gasteiger partial charge in [-0.2, -0.15) is 0 Å². The Morgan fingerprint density at radius 1 is 1.40 bits per heavy atom. The molecule has 0 aliphatic carbocycles. The molecule has 0 saturated heterocycles. The Morgan fingerprint density at radius 2 is 2.15 bits per heavy atom. The van der Waals surface area contributed by atoms with Crippen molar-refractivity contribution in [2.45, 2.75) is 6.92 Å². The Labute approximate surface area is 114 Å². The Bertz CT molecular complexity index is 661. The minimum atomic E-state index is -1.10. The van der Waals surface area contributed by atoms with Gasteiger partial charge in [0.15, 0.2) is 11.6 Å². The van der Waals surface area contributed by atoms with Crippen molar-refractivity contribution < 1.29 is 19.0 Å². The first-order valence-electron chi connectivity index (χ1n) is 5.68. The highest BCUT2D eigenvalue weighted by Crippen LogP contribution is 2.26. The maximum atomic E-state index is 13.8. The van der Waals surface area contributed by atoms with Gasteiger partial charge in [0.1, 0.15) is 17.6 Å². The third-order valence-corrected chi connectivity index (χ3v) is 2.66. The van der Waals surface area contributed by atoms with Gasteiger partial charge in [-0.15, -0.1) is 0 Å². The second-order valence-corrected chi connectivity index (χ2v) is 3.97. The van der Waals surface area contributed by atoms with Gasteiger partial charge in [0.2, 0.25) is 0 Å². The van der Waals surface area contributed by atoms with Gasteiger partial charge in [-0.1, -0.05) is 0 Å². The molecule has 2 aromatic rings. The molecule has 0 aliphatic rings. The van der Waals surface area contributed by atoms with E-state index in [0.717, 1.165) is 0 Å². The fourth-order valence-electron chi connectivity index (χ4n) is 1.63. The van der Waals surface area contributed by atoms with Crippen molar-refractivity contribution in [2.24, 2.45) is 0 Å². The number of aromatic nitrogens is 2. The number of aryl methyl sites for hydroxylation is 1. The number of benzene rings is 1. The molecular formula is C13H12FN3O3. The summed E-state index contributed by atoms with van der Waals surface area (Å²) in [5, 5.41) is 11.7. The third kappa shape index (κ3) is 2.66. The molecule has 0 spiro atoms. The number of aromatic carboxylic acids is 1. The van der Waals surface area contributed by atoms with Crippen molar-refractivity contribution in [3.8, 4) is 5.75 Å². The van der Waals surface area contributed by atoms with Crippen LogP contribution in [0.3, 0.4) is 0 Å². The SMILES string of the molecule is COc1cc(Nc2ncnc(C)c2F)ccc1C(=O)O. The first kappa shape index (κ1) is 13.7. The molecule has 20 heavy (non-hydrogen) atoms. The van der Waals surface area contributed by atoms with Crippen LogP contribution in [-0.4, -0.2) is 28.2 Å². The van der Waals surface area contributed by atoms with Gasteiger partial charge in [0.25, 0.3) is 0 Å². The Hall–Kier alpha value is -2.70. The summed E-state index contributed by atoms with van der Waals surface area (Å²) in [6.45, 7) is 1.52. The summed E-state index contributed by atoms with van der Waals surface area (Å²) in [4.78, 5) is 18.5. The van der Waals surface area contributed by atoms with E-state index in [2.05, 4.69) is 15.3 Å². The molecule has 2 N–H and O–H groups in total. The zero-order valence-electron chi connectivity index (χ0n) is 10.8. The maximum Gasteiger partial charge on any atom is 0.339 e. The average molecular weight is 277 g/mol. The highest BCUT2D eigenvalue weighted by molar-refractivity contribution is 5.91. The lowest BCUT2D eigenvalue weighted by Gasteiger charge is -2.10. The first-order valence-corrected chi connectivity index (χ1v) is 5.68. The monoisotopic (exact) mass is 277 g/mol. The highest BCUT2D eigenvalue weighted by atomic mass is 19.1. The molecule has 0 saturated carbocycles. The van der Waals surface area contributed by atoms with Gasteiger partial charge in [-0.25, -0.2) is 19.2 Å². The van der Waals surface area contributed by atoms with Crippen molar-refractivity contribution in [2.75, 3.05) is 12.4 Å². The molecule has 2 rings (SSSR count). The smallest absolute Gasteiger partial charge is 0.339 e. The van der Waals surface area contributed by atoms with Crippen LogP contribution < -0.4 is 10.1 Å². The van der Waals surface area contributed by atoms with Crippen LogP contribution in [-0.2, 0) is 0 Å². The predicted molar refractivity (Wildman–Crippen MR) is 70.0 cm³/mol. The van der Waals surface area contributed by atoms with Gasteiger partial charge >= 0.3 is 5.97 Å². The van der Waals surface area contributed by atoms with Gasteiger partial charge < -0.3 is 15.2 Å². The molecule has 1 aromatic carbocycles. The predicted octanol–water partition coefficient (Wildman–Crippen LogP) is 2.37. The molecule has 0 amide bonds. The number of hydrogen-bond donors (Lipinski definition) is 2. The fourth-order valence-corrected chi connectivity index (χ4v) is 1.63. The number of carboxylic acids is 1. The molecule has 6 nitrogen and oxygen atoms in total. The minimum Gasteiger partial charge on any atom is -0.496 e. The lowest BCUT2D eigenvalue weighted by molar-refractivity contribution is 0.0693. The Balaban J connectivity index is 2.35. The fraction of sp³-hybridized carbons (Fsp3) is 0.154. The Morgan fingerprint density at radius 3 is 2.80 bits per heavy atom. The summed E-state index contributed by atoms with van der Waals surface area (Å²) in [6.07, 6.45) is 1.24. The van der Waals surface area contributed by atoms with Crippen LogP contribution in [0.5, 0.6) is 5.75 Å². The Kier molecular flexibility index (Phi) is 3.79. The number of rotatable bonds is 4. The number of hydrogen-bond acceptors (Lipinski definition) is 5. The van der Waals surface area contributed by atoms with E-state index in [1.54, 1.807) is 0 Å². The van der Waals surface area contributed by atoms with Crippen molar-refractivity contribution in [1.82, 2.24) is 9.97 Å². The number of ether oxygens (including phenoxy) is 1. The molecule has 7 heteroatoms. The lowest BCUT2D eigenvalue weighted by Crippen LogP contribution is -2.03. The summed E-state index contributed by atoms with van der Waals surface area (Å²) in [5.74, 6) is -1.47. The topological polar surface area (TPSA) is 84.3 Å². The minimum absolute atomic E-state index is 0.0163. The number of halogens is 1. The van der Waals surface area contributed by atoms with E-state index in [1.165, 1.54) is 38.6 Å². The number of nitrogens with one attached hydrogen (secondary N) is 1. The zero-order valence-corrected chi connectivity index (χ0v) is 10.8. The summed E-state index contributed by atoms with van der Waals surface area (Å²) in [5.41, 5.74) is 0.706.